The second-order valence-electron chi connectivity index (χ2n) is 6.74. The van der Waals surface area contributed by atoms with E-state index in [1.165, 1.54) is 6.26 Å². The Balaban J connectivity index is 1.64. The van der Waals surface area contributed by atoms with Crippen LogP contribution in [-0.4, -0.2) is 59.0 Å². The maximum absolute atomic E-state index is 12.7. The zero-order valence-corrected chi connectivity index (χ0v) is 15.6. The molecular formula is C20H23N3O5. The third-order valence-corrected chi connectivity index (χ3v) is 4.69. The van der Waals surface area contributed by atoms with Gasteiger partial charge in [-0.2, -0.15) is 0 Å². The van der Waals surface area contributed by atoms with Gasteiger partial charge in [-0.1, -0.05) is 29.8 Å². The maximum Gasteiger partial charge on any atom is 0.330 e. The molecule has 28 heavy (non-hydrogen) atoms. The average Bonchev–Trinajstić information content (AvgIpc) is 3.09. The number of benzene rings is 1. The number of carboxylic acids is 1. The lowest BCUT2D eigenvalue weighted by Gasteiger charge is -2.24. The van der Waals surface area contributed by atoms with Gasteiger partial charge in [0, 0.05) is 26.2 Å². The molecule has 1 aromatic heterocycles. The minimum absolute atomic E-state index is 0.213. The summed E-state index contributed by atoms with van der Waals surface area (Å²) in [6.07, 6.45) is 2.05. The zero-order chi connectivity index (χ0) is 20.1. The Morgan fingerprint density at radius 1 is 1.07 bits per heavy atom. The smallest absolute Gasteiger partial charge is 0.330 e. The van der Waals surface area contributed by atoms with Gasteiger partial charge in [0.25, 0.3) is 5.91 Å². The number of amides is 3. The van der Waals surface area contributed by atoms with Gasteiger partial charge in [-0.15, -0.1) is 0 Å². The van der Waals surface area contributed by atoms with Crippen LogP contribution in [0.4, 0.5) is 4.79 Å². The van der Waals surface area contributed by atoms with E-state index in [9.17, 15) is 19.5 Å². The number of carbonyl (C=O) groups is 3. The van der Waals surface area contributed by atoms with Crippen molar-refractivity contribution < 1.29 is 23.9 Å². The van der Waals surface area contributed by atoms with Crippen molar-refractivity contribution in [3.63, 3.8) is 0 Å². The van der Waals surface area contributed by atoms with Crippen LogP contribution in [-0.2, 0) is 4.79 Å². The molecule has 3 amide bonds. The standard InChI is InChI=1S/C20H23N3O5/c1-14-5-2-6-15(13-14)17(19(25)26)21-20(27)23-9-4-8-22(10-11-23)18(24)16-7-3-12-28-16/h2-3,5-7,12-13,17H,4,8-11H2,1H3,(H,21,27)(H,25,26). The lowest BCUT2D eigenvalue weighted by molar-refractivity contribution is -0.139. The van der Waals surface area contributed by atoms with E-state index in [0.29, 0.717) is 38.2 Å². The monoisotopic (exact) mass is 385 g/mol. The van der Waals surface area contributed by atoms with Crippen LogP contribution in [0, 0.1) is 6.92 Å². The molecule has 3 rings (SSSR count). The van der Waals surface area contributed by atoms with Gasteiger partial charge in [-0.3, -0.25) is 4.79 Å². The number of carboxylic acid groups (broad SMARTS) is 1. The van der Waals surface area contributed by atoms with E-state index in [0.717, 1.165) is 5.56 Å². The molecule has 2 aromatic rings. The highest BCUT2D eigenvalue weighted by Crippen LogP contribution is 2.16. The predicted molar refractivity (Wildman–Crippen MR) is 101 cm³/mol. The third kappa shape index (κ3) is 4.51. The van der Waals surface area contributed by atoms with Gasteiger partial charge in [-0.25, -0.2) is 9.59 Å². The van der Waals surface area contributed by atoms with Gasteiger partial charge in [0.05, 0.1) is 6.26 Å². The van der Waals surface area contributed by atoms with E-state index in [4.69, 9.17) is 4.42 Å². The van der Waals surface area contributed by atoms with Crippen LogP contribution in [0.15, 0.2) is 47.1 Å². The Kier molecular flexibility index (Phi) is 5.98. The first-order valence-corrected chi connectivity index (χ1v) is 9.13. The summed E-state index contributed by atoms with van der Waals surface area (Å²) in [7, 11) is 0. The summed E-state index contributed by atoms with van der Waals surface area (Å²) in [5.74, 6) is -1.07. The number of hydrogen-bond acceptors (Lipinski definition) is 4. The van der Waals surface area contributed by atoms with Gasteiger partial charge in [-0.05, 0) is 31.0 Å². The molecule has 2 heterocycles. The van der Waals surface area contributed by atoms with Crippen LogP contribution in [0.25, 0.3) is 0 Å². The van der Waals surface area contributed by atoms with Gasteiger partial charge >= 0.3 is 12.0 Å². The van der Waals surface area contributed by atoms with Crippen LogP contribution in [0.2, 0.25) is 0 Å². The second-order valence-corrected chi connectivity index (χ2v) is 6.74. The Morgan fingerprint density at radius 2 is 1.82 bits per heavy atom. The van der Waals surface area contributed by atoms with E-state index in [2.05, 4.69) is 5.32 Å². The molecule has 2 N–H and O–H groups in total. The summed E-state index contributed by atoms with van der Waals surface area (Å²) in [6.45, 7) is 3.48. The normalized spacial score (nSPS) is 15.6. The fraction of sp³-hybridized carbons (Fsp3) is 0.350. The molecule has 1 fully saturated rings. The Hall–Kier alpha value is -3.29. The summed E-state index contributed by atoms with van der Waals surface area (Å²) < 4.78 is 5.15. The average molecular weight is 385 g/mol. The molecule has 1 atom stereocenters. The number of urea groups is 1. The van der Waals surface area contributed by atoms with Crippen molar-refractivity contribution in [3.05, 3.63) is 59.5 Å². The maximum atomic E-state index is 12.7. The van der Waals surface area contributed by atoms with Gasteiger partial charge in [0.15, 0.2) is 11.8 Å². The van der Waals surface area contributed by atoms with Crippen molar-refractivity contribution >= 4 is 17.9 Å². The predicted octanol–water partition coefficient (Wildman–Crippen LogP) is 2.27. The highest BCUT2D eigenvalue weighted by molar-refractivity contribution is 5.91. The largest absolute Gasteiger partial charge is 0.479 e. The molecule has 1 unspecified atom stereocenters. The number of nitrogens with zero attached hydrogens (tertiary/aromatic N) is 2. The summed E-state index contributed by atoms with van der Waals surface area (Å²) in [5.41, 5.74) is 1.44. The molecule has 1 aliphatic rings. The van der Waals surface area contributed by atoms with Gasteiger partial charge < -0.3 is 24.6 Å². The first-order chi connectivity index (χ1) is 13.5. The SMILES string of the molecule is Cc1cccc(C(NC(=O)N2CCCN(C(=O)c3ccco3)CC2)C(=O)O)c1. The highest BCUT2D eigenvalue weighted by atomic mass is 16.4. The minimum Gasteiger partial charge on any atom is -0.479 e. The second kappa shape index (κ2) is 8.60. The quantitative estimate of drug-likeness (QED) is 0.840. The molecule has 1 aliphatic heterocycles. The molecule has 148 valence electrons. The van der Waals surface area contributed by atoms with E-state index in [1.807, 2.05) is 13.0 Å². The van der Waals surface area contributed by atoms with Crippen molar-refractivity contribution in [2.45, 2.75) is 19.4 Å². The molecule has 0 bridgehead atoms. The Labute approximate surface area is 162 Å². The summed E-state index contributed by atoms with van der Waals surface area (Å²) in [5, 5.41) is 12.1. The molecular weight excluding hydrogens is 362 g/mol. The van der Waals surface area contributed by atoms with Crippen molar-refractivity contribution in [3.8, 4) is 0 Å². The molecule has 8 heteroatoms. The highest BCUT2D eigenvalue weighted by Gasteiger charge is 2.28. The lowest BCUT2D eigenvalue weighted by atomic mass is 10.0. The van der Waals surface area contributed by atoms with E-state index in [-0.39, 0.29) is 11.7 Å². The topological polar surface area (TPSA) is 103 Å². The van der Waals surface area contributed by atoms with Crippen molar-refractivity contribution in [1.82, 2.24) is 15.1 Å². The number of rotatable bonds is 4. The summed E-state index contributed by atoms with van der Waals surface area (Å²) in [4.78, 5) is 39.9. The molecule has 0 radical (unpaired) electrons. The zero-order valence-electron chi connectivity index (χ0n) is 15.6. The number of hydrogen-bond donors (Lipinski definition) is 2. The first kappa shape index (κ1) is 19.5. The fourth-order valence-electron chi connectivity index (χ4n) is 3.23. The van der Waals surface area contributed by atoms with E-state index < -0.39 is 18.0 Å². The molecule has 0 saturated carbocycles. The van der Waals surface area contributed by atoms with Crippen molar-refractivity contribution in [2.24, 2.45) is 0 Å². The minimum atomic E-state index is -1.13. The number of carbonyl (C=O) groups excluding carboxylic acids is 2. The summed E-state index contributed by atoms with van der Waals surface area (Å²) in [6, 6.07) is 8.72. The van der Waals surface area contributed by atoms with Gasteiger partial charge in [0.1, 0.15) is 0 Å². The summed E-state index contributed by atoms with van der Waals surface area (Å²) >= 11 is 0. The lowest BCUT2D eigenvalue weighted by Crippen LogP contribution is -2.45. The van der Waals surface area contributed by atoms with Gasteiger partial charge in [0.2, 0.25) is 0 Å². The Morgan fingerprint density at radius 3 is 2.50 bits per heavy atom. The van der Waals surface area contributed by atoms with Crippen LogP contribution < -0.4 is 5.32 Å². The molecule has 0 aliphatic carbocycles. The van der Waals surface area contributed by atoms with Crippen LogP contribution in [0.1, 0.15) is 34.1 Å². The van der Waals surface area contributed by atoms with Crippen LogP contribution >= 0.6 is 0 Å². The van der Waals surface area contributed by atoms with Crippen molar-refractivity contribution in [2.75, 3.05) is 26.2 Å². The molecule has 1 saturated heterocycles. The Bertz CT molecular complexity index is 849. The van der Waals surface area contributed by atoms with Crippen LogP contribution in [0.5, 0.6) is 0 Å². The number of furan rings is 1. The van der Waals surface area contributed by atoms with Crippen molar-refractivity contribution in [1.29, 1.82) is 0 Å². The molecule has 1 aromatic carbocycles. The third-order valence-electron chi connectivity index (χ3n) is 4.69. The number of aryl methyl sites for hydroxylation is 1. The van der Waals surface area contributed by atoms with Crippen LogP contribution in [0.3, 0.4) is 0 Å². The first-order valence-electron chi connectivity index (χ1n) is 9.13. The number of aliphatic carboxylic acids is 1. The molecule has 0 spiro atoms. The van der Waals surface area contributed by atoms with E-state index in [1.54, 1.807) is 40.1 Å². The number of nitrogens with one attached hydrogen (secondary N) is 1. The van der Waals surface area contributed by atoms with E-state index >= 15 is 0 Å². The molecule has 8 nitrogen and oxygen atoms in total. The fourth-order valence-corrected chi connectivity index (χ4v) is 3.23.